The number of anilines is 2. The molecule has 0 saturated heterocycles. The number of nitrogens with one attached hydrogen (secondary N) is 1. The molecule has 3 aromatic carbocycles. The van der Waals surface area contributed by atoms with Gasteiger partial charge in [0.05, 0.1) is 22.9 Å². The molecule has 30 heavy (non-hydrogen) atoms. The lowest BCUT2D eigenvalue weighted by atomic mass is 10.2. The van der Waals surface area contributed by atoms with Gasteiger partial charge in [-0.2, -0.15) is 0 Å². The Kier molecular flexibility index (Phi) is 6.42. The van der Waals surface area contributed by atoms with Crippen molar-refractivity contribution < 1.29 is 17.9 Å². The van der Waals surface area contributed by atoms with E-state index in [-0.39, 0.29) is 10.8 Å². The Morgan fingerprint density at radius 1 is 1.00 bits per heavy atom. The second-order valence-corrected chi connectivity index (χ2v) is 8.69. The molecule has 0 saturated carbocycles. The molecule has 0 aliphatic rings. The Bertz CT molecular complexity index is 1140. The zero-order chi connectivity index (χ0) is 21.7. The summed E-state index contributed by atoms with van der Waals surface area (Å²) in [5, 5.41) is 2.82. The van der Waals surface area contributed by atoms with E-state index in [0.717, 1.165) is 5.56 Å². The lowest BCUT2D eigenvalue weighted by Gasteiger charge is -2.20. The van der Waals surface area contributed by atoms with E-state index in [1.54, 1.807) is 66.7 Å². The lowest BCUT2D eigenvalue weighted by Crippen LogP contribution is -2.27. The van der Waals surface area contributed by atoms with E-state index in [0.29, 0.717) is 29.3 Å². The van der Waals surface area contributed by atoms with Gasteiger partial charge in [-0.1, -0.05) is 35.9 Å². The van der Waals surface area contributed by atoms with Crippen molar-refractivity contribution in [3.8, 4) is 5.75 Å². The van der Waals surface area contributed by atoms with Gasteiger partial charge in [0.25, 0.3) is 15.9 Å². The van der Waals surface area contributed by atoms with Crippen LogP contribution in [0.15, 0.2) is 77.7 Å². The molecule has 3 rings (SSSR count). The van der Waals surface area contributed by atoms with E-state index < -0.39 is 10.0 Å². The fourth-order valence-electron chi connectivity index (χ4n) is 2.90. The number of hydrogen-bond donors (Lipinski definition) is 1. The topological polar surface area (TPSA) is 75.7 Å². The molecule has 0 aliphatic carbocycles. The van der Waals surface area contributed by atoms with Crippen molar-refractivity contribution in [1.82, 2.24) is 0 Å². The molecule has 1 N–H and O–H groups in total. The Morgan fingerprint density at radius 2 is 1.70 bits per heavy atom. The summed E-state index contributed by atoms with van der Waals surface area (Å²) in [6, 6.07) is 20.3. The summed E-state index contributed by atoms with van der Waals surface area (Å²) in [5.74, 6) is 0.216. The highest BCUT2D eigenvalue weighted by Crippen LogP contribution is 2.26. The molecule has 0 radical (unpaired) electrons. The van der Waals surface area contributed by atoms with E-state index in [2.05, 4.69) is 5.32 Å². The van der Waals surface area contributed by atoms with E-state index in [1.807, 2.05) is 19.9 Å². The van der Waals surface area contributed by atoms with Gasteiger partial charge in [0.2, 0.25) is 0 Å². The van der Waals surface area contributed by atoms with E-state index >= 15 is 0 Å². The lowest BCUT2D eigenvalue weighted by molar-refractivity contribution is 0.102. The second-order valence-electron chi connectivity index (χ2n) is 6.72. The van der Waals surface area contributed by atoms with Crippen LogP contribution in [0.2, 0.25) is 0 Å². The molecule has 0 spiro atoms. The first-order valence-corrected chi connectivity index (χ1v) is 11.0. The molecule has 0 heterocycles. The molecule has 156 valence electrons. The van der Waals surface area contributed by atoms with Gasteiger partial charge in [0, 0.05) is 12.6 Å². The standard InChI is InChI=1S/C23H24N2O4S/c1-4-29-22-11-6-5-10-21(22)24-23(26)18-8-7-9-19(16-18)25(3)30(27,28)20-14-12-17(2)13-15-20/h5-16H,4H2,1-3H3,(H,24,26). The molecule has 0 aliphatic heterocycles. The molecule has 0 bridgehead atoms. The average molecular weight is 425 g/mol. The maximum Gasteiger partial charge on any atom is 0.264 e. The zero-order valence-electron chi connectivity index (χ0n) is 17.1. The molecular weight excluding hydrogens is 400 g/mol. The van der Waals surface area contributed by atoms with Gasteiger partial charge in [-0.3, -0.25) is 9.10 Å². The van der Waals surface area contributed by atoms with Crippen LogP contribution >= 0.6 is 0 Å². The number of carbonyl (C=O) groups is 1. The molecule has 6 nitrogen and oxygen atoms in total. The normalized spacial score (nSPS) is 11.0. The Hall–Kier alpha value is -3.32. The van der Waals surface area contributed by atoms with Gasteiger partial charge in [-0.25, -0.2) is 8.42 Å². The monoisotopic (exact) mass is 424 g/mol. The van der Waals surface area contributed by atoms with Crippen LogP contribution in [0.4, 0.5) is 11.4 Å². The number of carbonyl (C=O) groups excluding carboxylic acids is 1. The average Bonchev–Trinajstić information content (AvgIpc) is 2.75. The van der Waals surface area contributed by atoms with Crippen LogP contribution in [0.5, 0.6) is 5.75 Å². The van der Waals surface area contributed by atoms with Gasteiger partial charge >= 0.3 is 0 Å². The van der Waals surface area contributed by atoms with Crippen LogP contribution in [0.3, 0.4) is 0 Å². The van der Waals surface area contributed by atoms with Crippen LogP contribution in [0.25, 0.3) is 0 Å². The molecule has 0 atom stereocenters. The van der Waals surface area contributed by atoms with Gasteiger partial charge in [-0.15, -0.1) is 0 Å². The number of ether oxygens (including phenoxy) is 1. The molecule has 0 fully saturated rings. The van der Waals surface area contributed by atoms with Crippen molar-refractivity contribution in [2.45, 2.75) is 18.7 Å². The largest absolute Gasteiger partial charge is 0.492 e. The summed E-state index contributed by atoms with van der Waals surface area (Å²) in [5.41, 5.74) is 2.25. The first-order valence-electron chi connectivity index (χ1n) is 9.51. The number of sulfonamides is 1. The number of amides is 1. The number of rotatable bonds is 7. The third-order valence-corrected chi connectivity index (χ3v) is 6.39. The smallest absolute Gasteiger partial charge is 0.264 e. The quantitative estimate of drug-likeness (QED) is 0.607. The summed E-state index contributed by atoms with van der Waals surface area (Å²) in [7, 11) is -2.27. The molecule has 7 heteroatoms. The zero-order valence-corrected chi connectivity index (χ0v) is 17.9. The summed E-state index contributed by atoms with van der Waals surface area (Å²) in [4.78, 5) is 13.0. The molecule has 0 aromatic heterocycles. The number of para-hydroxylation sites is 2. The molecule has 1 amide bonds. The second kappa shape index (κ2) is 9.00. The van der Waals surface area contributed by atoms with E-state index in [1.165, 1.54) is 11.4 Å². The van der Waals surface area contributed by atoms with E-state index in [4.69, 9.17) is 4.74 Å². The fraction of sp³-hybridized carbons (Fsp3) is 0.174. The summed E-state index contributed by atoms with van der Waals surface area (Å²) >= 11 is 0. The highest BCUT2D eigenvalue weighted by atomic mass is 32.2. The predicted octanol–water partition coefficient (Wildman–Crippen LogP) is 4.47. The van der Waals surface area contributed by atoms with Crippen LogP contribution in [-0.4, -0.2) is 28.0 Å². The minimum atomic E-state index is -3.74. The minimum absolute atomic E-state index is 0.191. The number of hydrogen-bond acceptors (Lipinski definition) is 4. The van der Waals surface area contributed by atoms with Crippen LogP contribution in [0, 0.1) is 6.92 Å². The molecule has 0 unspecified atom stereocenters. The van der Waals surface area contributed by atoms with Crippen molar-refractivity contribution in [2.24, 2.45) is 0 Å². The first-order chi connectivity index (χ1) is 14.3. The van der Waals surface area contributed by atoms with Crippen molar-refractivity contribution in [3.05, 3.63) is 83.9 Å². The Labute approximate surface area is 177 Å². The van der Waals surface area contributed by atoms with E-state index in [9.17, 15) is 13.2 Å². The highest BCUT2D eigenvalue weighted by Gasteiger charge is 2.22. The van der Waals surface area contributed by atoms with Gasteiger partial charge in [0.1, 0.15) is 5.75 Å². The third kappa shape index (κ3) is 4.63. The first kappa shape index (κ1) is 21.4. The third-order valence-electron chi connectivity index (χ3n) is 4.59. The summed E-state index contributed by atoms with van der Waals surface area (Å²) in [6.45, 7) is 4.24. The Balaban J connectivity index is 1.85. The van der Waals surface area contributed by atoms with Crippen molar-refractivity contribution in [3.63, 3.8) is 0 Å². The number of nitrogens with zero attached hydrogens (tertiary/aromatic N) is 1. The van der Waals surface area contributed by atoms with Crippen LogP contribution < -0.4 is 14.4 Å². The fourth-order valence-corrected chi connectivity index (χ4v) is 4.08. The van der Waals surface area contributed by atoms with Crippen LogP contribution in [-0.2, 0) is 10.0 Å². The van der Waals surface area contributed by atoms with Gasteiger partial charge in [0.15, 0.2) is 0 Å². The van der Waals surface area contributed by atoms with Crippen molar-refractivity contribution in [2.75, 3.05) is 23.3 Å². The van der Waals surface area contributed by atoms with Crippen LogP contribution in [0.1, 0.15) is 22.8 Å². The minimum Gasteiger partial charge on any atom is -0.492 e. The maximum atomic E-state index is 12.9. The Morgan fingerprint density at radius 3 is 2.40 bits per heavy atom. The van der Waals surface area contributed by atoms with Gasteiger partial charge < -0.3 is 10.1 Å². The highest BCUT2D eigenvalue weighted by molar-refractivity contribution is 7.92. The predicted molar refractivity (Wildman–Crippen MR) is 119 cm³/mol. The van der Waals surface area contributed by atoms with Crippen molar-refractivity contribution in [1.29, 1.82) is 0 Å². The SMILES string of the molecule is CCOc1ccccc1NC(=O)c1cccc(N(C)S(=O)(=O)c2ccc(C)cc2)c1. The number of benzene rings is 3. The van der Waals surface area contributed by atoms with Gasteiger partial charge in [-0.05, 0) is 56.3 Å². The van der Waals surface area contributed by atoms with Crippen molar-refractivity contribution >= 4 is 27.3 Å². The molecular formula is C23H24N2O4S. The summed E-state index contributed by atoms with van der Waals surface area (Å²) in [6.07, 6.45) is 0. The number of aryl methyl sites for hydroxylation is 1. The molecule has 3 aromatic rings. The maximum absolute atomic E-state index is 12.9. The summed E-state index contributed by atoms with van der Waals surface area (Å²) < 4.78 is 32.6.